The first-order chi connectivity index (χ1) is 6.86. The Morgan fingerprint density at radius 3 is 2.60 bits per heavy atom. The minimum absolute atomic E-state index is 0.103. The van der Waals surface area contributed by atoms with Gasteiger partial charge in [-0.15, -0.1) is 0 Å². The summed E-state index contributed by atoms with van der Waals surface area (Å²) in [5, 5.41) is 15.8. The molecule has 1 atom stereocenters. The molecule has 7 heteroatoms. The fourth-order valence-electron chi connectivity index (χ4n) is 1.06. The molecule has 1 unspecified atom stereocenters. The highest BCUT2D eigenvalue weighted by atomic mass is 32.2. The van der Waals surface area contributed by atoms with Crippen molar-refractivity contribution in [2.24, 2.45) is 5.14 Å². The third-order valence-corrected chi connectivity index (χ3v) is 2.81. The summed E-state index contributed by atoms with van der Waals surface area (Å²) in [5.74, 6) is 3.38. The number of rotatable bonds is 3. The van der Waals surface area contributed by atoms with Crippen LogP contribution in [0.5, 0.6) is 5.75 Å². The van der Waals surface area contributed by atoms with E-state index in [1.54, 1.807) is 0 Å². The third kappa shape index (κ3) is 2.45. The number of nitro benzene ring substituents is 1. The van der Waals surface area contributed by atoms with Gasteiger partial charge in [-0.05, 0) is 11.9 Å². The topological polar surface area (TPSA) is 95.5 Å². The molecule has 1 rings (SSSR count). The maximum atomic E-state index is 11.5. The lowest BCUT2D eigenvalue weighted by atomic mass is 10.3. The van der Waals surface area contributed by atoms with Gasteiger partial charge in [-0.1, -0.05) is 0 Å². The van der Waals surface area contributed by atoms with Crippen molar-refractivity contribution in [3.8, 4) is 5.75 Å². The van der Waals surface area contributed by atoms with E-state index in [1.807, 2.05) is 0 Å². The van der Waals surface area contributed by atoms with Crippen LogP contribution < -0.4 is 9.88 Å². The van der Waals surface area contributed by atoms with Crippen LogP contribution in [0.15, 0.2) is 23.1 Å². The zero-order valence-corrected chi connectivity index (χ0v) is 8.82. The molecule has 0 amide bonds. The lowest BCUT2D eigenvalue weighted by Gasteiger charge is -2.08. The van der Waals surface area contributed by atoms with E-state index in [0.29, 0.717) is 0 Å². The normalized spacial score (nSPS) is 14.3. The largest absolute Gasteiger partial charge is 0.495 e. The molecule has 2 N–H and O–H groups in total. The second-order valence-corrected chi connectivity index (χ2v) is 4.71. The quantitative estimate of drug-likeness (QED) is 0.466. The molecule has 6 nitrogen and oxygen atoms in total. The first-order valence-electron chi connectivity index (χ1n) is 3.83. The van der Waals surface area contributed by atoms with E-state index in [4.69, 9.17) is 9.88 Å². The van der Waals surface area contributed by atoms with Crippen LogP contribution in [-0.4, -0.2) is 22.1 Å². The minimum atomic E-state index is -2.94. The Kier molecular flexibility index (Phi) is 2.96. The third-order valence-electron chi connectivity index (χ3n) is 1.73. The van der Waals surface area contributed by atoms with Gasteiger partial charge in [-0.2, -0.15) is 0 Å². The van der Waals surface area contributed by atoms with Crippen LogP contribution in [0.4, 0.5) is 5.69 Å². The molecule has 0 aliphatic heterocycles. The average molecular weight is 230 g/mol. The van der Waals surface area contributed by atoms with Crippen LogP contribution in [-0.2, 0) is 9.71 Å². The number of non-ortho nitro benzene ring substituents is 1. The second-order valence-electron chi connectivity index (χ2n) is 2.82. The van der Waals surface area contributed by atoms with E-state index in [9.17, 15) is 14.3 Å². The molecule has 1 aromatic rings. The molecule has 0 aromatic heterocycles. The molecular formula is C8H10N2O4S. The summed E-state index contributed by atoms with van der Waals surface area (Å²) in [4.78, 5) is 10.0. The number of hydrogen-bond acceptors (Lipinski definition) is 4. The maximum absolute atomic E-state index is 11.5. The van der Waals surface area contributed by atoms with E-state index in [2.05, 4.69) is 5.87 Å². The van der Waals surface area contributed by atoms with E-state index >= 15 is 0 Å². The number of nitro groups is 1. The SMILES string of the molecule is C=S(N)(=O)c1ccc([N+](=O)[O-])cc1OC. The van der Waals surface area contributed by atoms with Gasteiger partial charge in [-0.25, -0.2) is 4.21 Å². The Morgan fingerprint density at radius 2 is 2.20 bits per heavy atom. The molecule has 82 valence electrons. The zero-order valence-electron chi connectivity index (χ0n) is 8.00. The van der Waals surface area contributed by atoms with E-state index in [1.165, 1.54) is 19.2 Å². The predicted octanol–water partition coefficient (Wildman–Crippen LogP) is 0.552. The summed E-state index contributed by atoms with van der Waals surface area (Å²) in [6.07, 6.45) is 0. The first kappa shape index (κ1) is 11.5. The van der Waals surface area contributed by atoms with Crippen molar-refractivity contribution in [3.63, 3.8) is 0 Å². The van der Waals surface area contributed by atoms with Crippen molar-refractivity contribution in [2.45, 2.75) is 4.90 Å². The van der Waals surface area contributed by atoms with Crippen molar-refractivity contribution in [2.75, 3.05) is 7.11 Å². The highest BCUT2D eigenvalue weighted by molar-refractivity contribution is 7.98. The monoisotopic (exact) mass is 230 g/mol. The summed E-state index contributed by atoms with van der Waals surface area (Å²) in [6, 6.07) is 3.65. The van der Waals surface area contributed by atoms with Crippen LogP contribution in [0.1, 0.15) is 0 Å². The van der Waals surface area contributed by atoms with E-state index in [-0.39, 0.29) is 16.3 Å². The Hall–Kier alpha value is -1.60. The van der Waals surface area contributed by atoms with Gasteiger partial charge < -0.3 is 4.74 Å². The summed E-state index contributed by atoms with van der Waals surface area (Å²) in [7, 11) is -1.62. The Balaban J connectivity index is 3.40. The number of benzene rings is 1. The Bertz CT molecular complexity index is 495. The molecular weight excluding hydrogens is 220 g/mol. The molecule has 0 radical (unpaired) electrons. The summed E-state index contributed by atoms with van der Waals surface area (Å²) < 4.78 is 16.3. The van der Waals surface area contributed by atoms with Crippen molar-refractivity contribution in [1.29, 1.82) is 0 Å². The average Bonchev–Trinajstić information content (AvgIpc) is 2.15. The second kappa shape index (κ2) is 3.87. The molecule has 0 fully saturated rings. The van der Waals surface area contributed by atoms with Crippen molar-refractivity contribution < 1.29 is 13.9 Å². The van der Waals surface area contributed by atoms with Crippen LogP contribution in [0.3, 0.4) is 0 Å². The predicted molar refractivity (Wildman–Crippen MR) is 57.4 cm³/mol. The number of methoxy groups -OCH3 is 1. The smallest absolute Gasteiger partial charge is 0.273 e. The van der Waals surface area contributed by atoms with Crippen molar-refractivity contribution >= 4 is 21.3 Å². The highest BCUT2D eigenvalue weighted by Gasteiger charge is 2.14. The number of hydrogen-bond donors (Lipinski definition) is 1. The summed E-state index contributed by atoms with van der Waals surface area (Å²) in [5.41, 5.74) is -0.153. The highest BCUT2D eigenvalue weighted by Crippen LogP contribution is 2.27. The van der Waals surface area contributed by atoms with E-state index in [0.717, 1.165) is 6.07 Å². The zero-order chi connectivity index (χ0) is 11.6. The first-order valence-corrected chi connectivity index (χ1v) is 5.62. The fraction of sp³-hybridized carbons (Fsp3) is 0.125. The fourth-order valence-corrected chi connectivity index (χ4v) is 1.84. The molecule has 0 aliphatic carbocycles. The molecule has 15 heavy (non-hydrogen) atoms. The van der Waals surface area contributed by atoms with Crippen LogP contribution in [0, 0.1) is 10.1 Å². The lowest BCUT2D eigenvalue weighted by molar-refractivity contribution is -0.385. The van der Waals surface area contributed by atoms with Gasteiger partial charge >= 0.3 is 0 Å². The molecule has 0 bridgehead atoms. The van der Waals surface area contributed by atoms with Crippen LogP contribution in [0.25, 0.3) is 0 Å². The Morgan fingerprint density at radius 1 is 1.60 bits per heavy atom. The standard InChI is InChI=1S/C8H10N2O4S/c1-14-7-5-6(10(11)12)3-4-8(7)15(2,9)13/h3-5H,2H2,1H3,(H2,9,13). The molecule has 1 aromatic carbocycles. The van der Waals surface area contributed by atoms with Gasteiger partial charge in [0.15, 0.2) is 0 Å². The van der Waals surface area contributed by atoms with Gasteiger partial charge in [0.05, 0.1) is 32.7 Å². The Labute approximate surface area is 86.9 Å². The van der Waals surface area contributed by atoms with Gasteiger partial charge in [0.25, 0.3) is 5.69 Å². The summed E-state index contributed by atoms with van der Waals surface area (Å²) in [6.45, 7) is 0. The van der Waals surface area contributed by atoms with Gasteiger partial charge in [0.2, 0.25) is 0 Å². The van der Waals surface area contributed by atoms with Gasteiger partial charge in [-0.3, -0.25) is 15.3 Å². The molecule has 0 saturated carbocycles. The van der Waals surface area contributed by atoms with Crippen molar-refractivity contribution in [3.05, 3.63) is 28.3 Å². The van der Waals surface area contributed by atoms with Crippen LogP contribution >= 0.6 is 0 Å². The summed E-state index contributed by atoms with van der Waals surface area (Å²) >= 11 is 0. The minimum Gasteiger partial charge on any atom is -0.495 e. The van der Waals surface area contributed by atoms with Gasteiger partial charge in [0, 0.05) is 6.07 Å². The van der Waals surface area contributed by atoms with Crippen molar-refractivity contribution in [1.82, 2.24) is 0 Å². The molecule has 0 heterocycles. The lowest BCUT2D eigenvalue weighted by Crippen LogP contribution is -2.13. The molecule has 0 saturated heterocycles. The van der Waals surface area contributed by atoms with E-state index < -0.39 is 14.6 Å². The number of ether oxygens (including phenoxy) is 1. The maximum Gasteiger partial charge on any atom is 0.273 e. The number of nitrogens with zero attached hydrogens (tertiary/aromatic N) is 1. The van der Waals surface area contributed by atoms with Crippen LogP contribution in [0.2, 0.25) is 0 Å². The number of nitrogens with two attached hydrogens (primary N) is 1. The molecule has 0 aliphatic rings. The van der Waals surface area contributed by atoms with Gasteiger partial charge in [0.1, 0.15) is 5.75 Å². The molecule has 0 spiro atoms.